The highest BCUT2D eigenvalue weighted by molar-refractivity contribution is 6.06. The van der Waals surface area contributed by atoms with Crippen LogP contribution in [0.25, 0.3) is 11.1 Å². The van der Waals surface area contributed by atoms with Gasteiger partial charge in [-0.15, -0.1) is 13.2 Å². The molecule has 0 heterocycles. The van der Waals surface area contributed by atoms with E-state index in [9.17, 15) is 22.8 Å². The summed E-state index contributed by atoms with van der Waals surface area (Å²) in [6.45, 7) is 1.79. The molecule has 0 N–H and O–H groups in total. The number of hydrogen-bond donors (Lipinski definition) is 0. The fourth-order valence-electron chi connectivity index (χ4n) is 2.22. The van der Waals surface area contributed by atoms with Gasteiger partial charge >= 0.3 is 12.3 Å². The number of para-hydroxylation sites is 1. The topological polar surface area (TPSA) is 52.6 Å². The number of alkyl halides is 3. The Kier molecular flexibility index (Phi) is 5.80. The van der Waals surface area contributed by atoms with Crippen molar-refractivity contribution in [3.8, 4) is 16.9 Å². The van der Waals surface area contributed by atoms with Gasteiger partial charge in [0.2, 0.25) is 0 Å². The summed E-state index contributed by atoms with van der Waals surface area (Å²) >= 11 is 0. The molecule has 0 radical (unpaired) electrons. The van der Waals surface area contributed by atoms with Crippen molar-refractivity contribution in [2.75, 3.05) is 6.61 Å². The van der Waals surface area contributed by atoms with Gasteiger partial charge in [0.05, 0.1) is 6.61 Å². The van der Waals surface area contributed by atoms with Crippen LogP contribution in [0, 0.1) is 0 Å². The van der Waals surface area contributed by atoms with Gasteiger partial charge < -0.3 is 9.47 Å². The minimum absolute atomic E-state index is 0.161. The molecule has 0 atom stereocenters. The summed E-state index contributed by atoms with van der Waals surface area (Å²) in [6, 6.07) is 11.6. The molecule has 2 aromatic rings. The second-order valence-corrected chi connectivity index (χ2v) is 5.03. The zero-order valence-electron chi connectivity index (χ0n) is 13.3. The Balaban J connectivity index is 2.30. The first-order chi connectivity index (χ1) is 11.8. The second-order valence-electron chi connectivity index (χ2n) is 5.03. The van der Waals surface area contributed by atoms with Crippen molar-refractivity contribution in [1.82, 2.24) is 0 Å². The second kappa shape index (κ2) is 7.83. The molecule has 0 fully saturated rings. The summed E-state index contributed by atoms with van der Waals surface area (Å²) in [4.78, 5) is 23.5. The molecule has 7 heteroatoms. The molecule has 0 aliphatic heterocycles. The molecule has 0 bridgehead atoms. The highest BCUT2D eigenvalue weighted by Gasteiger charge is 2.32. The maximum absolute atomic E-state index is 12.5. The highest BCUT2D eigenvalue weighted by Crippen LogP contribution is 2.34. The summed E-state index contributed by atoms with van der Waals surface area (Å²) in [7, 11) is 0. The summed E-state index contributed by atoms with van der Waals surface area (Å²) in [5, 5.41) is 0. The molecule has 2 aromatic carbocycles. The number of benzene rings is 2. The van der Waals surface area contributed by atoms with Crippen molar-refractivity contribution in [3.05, 3.63) is 54.1 Å². The first-order valence-corrected chi connectivity index (χ1v) is 7.44. The maximum Gasteiger partial charge on any atom is 0.573 e. The minimum Gasteiger partial charge on any atom is -0.466 e. The fourth-order valence-corrected chi connectivity index (χ4v) is 2.22. The van der Waals surface area contributed by atoms with Crippen molar-refractivity contribution >= 4 is 11.8 Å². The molecule has 4 nitrogen and oxygen atoms in total. The third kappa shape index (κ3) is 5.34. The molecule has 0 amide bonds. The monoisotopic (exact) mass is 352 g/mol. The number of rotatable bonds is 6. The molecule has 2 rings (SSSR count). The summed E-state index contributed by atoms with van der Waals surface area (Å²) in [5.74, 6) is -1.50. The van der Waals surface area contributed by atoms with Crippen molar-refractivity contribution in [2.24, 2.45) is 0 Å². The first kappa shape index (κ1) is 18.5. The van der Waals surface area contributed by atoms with Gasteiger partial charge in [-0.25, -0.2) is 0 Å². The van der Waals surface area contributed by atoms with E-state index in [4.69, 9.17) is 4.74 Å². The van der Waals surface area contributed by atoms with Crippen LogP contribution >= 0.6 is 0 Å². The van der Waals surface area contributed by atoms with E-state index in [0.29, 0.717) is 5.56 Å². The van der Waals surface area contributed by atoms with Crippen molar-refractivity contribution in [1.29, 1.82) is 0 Å². The Morgan fingerprint density at radius 2 is 1.76 bits per heavy atom. The van der Waals surface area contributed by atoms with Gasteiger partial charge in [-0.1, -0.05) is 36.4 Å². The molecule has 0 aliphatic carbocycles. The lowest BCUT2D eigenvalue weighted by Crippen LogP contribution is -2.17. The number of hydrogen-bond acceptors (Lipinski definition) is 4. The first-order valence-electron chi connectivity index (χ1n) is 7.44. The van der Waals surface area contributed by atoms with Crippen molar-refractivity contribution in [3.63, 3.8) is 0 Å². The number of halogens is 3. The number of ether oxygens (including phenoxy) is 2. The lowest BCUT2D eigenvalue weighted by atomic mass is 9.99. The van der Waals surface area contributed by atoms with Crippen LogP contribution < -0.4 is 4.74 Å². The number of carbonyl (C=O) groups is 2. The predicted octanol–water partition coefficient (Wildman–Crippen LogP) is 4.39. The molecule has 0 saturated carbocycles. The smallest absolute Gasteiger partial charge is 0.466 e. The van der Waals surface area contributed by atoms with Gasteiger partial charge in [-0.05, 0) is 24.6 Å². The molecule has 0 aliphatic rings. The highest BCUT2D eigenvalue weighted by atomic mass is 19.4. The van der Waals surface area contributed by atoms with E-state index in [0.717, 1.165) is 0 Å². The van der Waals surface area contributed by atoms with Gasteiger partial charge in [0.15, 0.2) is 5.78 Å². The Labute approximate surface area is 142 Å². The van der Waals surface area contributed by atoms with Crippen LogP contribution in [0.2, 0.25) is 0 Å². The molecule has 0 spiro atoms. The standard InChI is InChI=1S/C18H15F3O4/c1-2-24-17(23)11-15(22)13-7-5-6-12(10-13)14-8-3-4-9-16(14)25-18(19,20)21/h3-10H,2,11H2,1H3. The van der Waals surface area contributed by atoms with Gasteiger partial charge in [0.25, 0.3) is 0 Å². The Morgan fingerprint density at radius 3 is 2.44 bits per heavy atom. The fraction of sp³-hybridized carbons (Fsp3) is 0.222. The third-order valence-corrected chi connectivity index (χ3v) is 3.22. The quantitative estimate of drug-likeness (QED) is 0.440. The number of ketones is 1. The van der Waals surface area contributed by atoms with E-state index in [1.807, 2.05) is 0 Å². The lowest BCUT2D eigenvalue weighted by Gasteiger charge is -2.13. The summed E-state index contributed by atoms with van der Waals surface area (Å²) in [6.07, 6.45) is -5.26. The van der Waals surface area contributed by atoms with E-state index in [1.165, 1.54) is 36.4 Å². The number of esters is 1. The predicted molar refractivity (Wildman–Crippen MR) is 84.1 cm³/mol. The van der Waals surface area contributed by atoms with Crippen LogP contribution in [0.4, 0.5) is 13.2 Å². The van der Waals surface area contributed by atoms with Crippen molar-refractivity contribution < 1.29 is 32.2 Å². The van der Waals surface area contributed by atoms with E-state index in [1.54, 1.807) is 19.1 Å². The van der Waals surface area contributed by atoms with Gasteiger partial charge in [0.1, 0.15) is 12.2 Å². The third-order valence-electron chi connectivity index (χ3n) is 3.22. The molecule has 0 unspecified atom stereocenters. The Hall–Kier alpha value is -2.83. The molecule has 0 saturated heterocycles. The SMILES string of the molecule is CCOC(=O)CC(=O)c1cccc(-c2ccccc2OC(F)(F)F)c1. The molecule has 25 heavy (non-hydrogen) atoms. The van der Waals surface area contributed by atoms with E-state index < -0.39 is 24.5 Å². The van der Waals surface area contributed by atoms with E-state index in [-0.39, 0.29) is 23.5 Å². The number of Topliss-reactive ketones (excluding diaryl/α,β-unsaturated/α-hetero) is 1. The summed E-state index contributed by atoms with van der Waals surface area (Å²) in [5.41, 5.74) is 0.757. The van der Waals surface area contributed by atoms with Crippen LogP contribution in [0.5, 0.6) is 5.75 Å². The summed E-state index contributed by atoms with van der Waals surface area (Å²) < 4.78 is 46.3. The van der Waals surface area contributed by atoms with Crippen molar-refractivity contribution in [2.45, 2.75) is 19.7 Å². The van der Waals surface area contributed by atoms with Crippen LogP contribution in [0.1, 0.15) is 23.7 Å². The average Bonchev–Trinajstić information content (AvgIpc) is 2.54. The molecule has 0 aromatic heterocycles. The van der Waals surface area contributed by atoms with Crippen LogP contribution in [-0.4, -0.2) is 24.7 Å². The largest absolute Gasteiger partial charge is 0.573 e. The molecular formula is C18H15F3O4. The minimum atomic E-state index is -4.83. The zero-order chi connectivity index (χ0) is 18.4. The van der Waals surface area contributed by atoms with E-state index >= 15 is 0 Å². The number of carbonyl (C=O) groups excluding carboxylic acids is 2. The van der Waals surface area contributed by atoms with Gasteiger partial charge in [-0.3, -0.25) is 9.59 Å². The van der Waals surface area contributed by atoms with Crippen LogP contribution in [0.3, 0.4) is 0 Å². The normalized spacial score (nSPS) is 11.0. The van der Waals surface area contributed by atoms with Crippen LogP contribution in [-0.2, 0) is 9.53 Å². The van der Waals surface area contributed by atoms with Crippen LogP contribution in [0.15, 0.2) is 48.5 Å². The molecule has 132 valence electrons. The maximum atomic E-state index is 12.5. The van der Waals surface area contributed by atoms with Gasteiger partial charge in [0, 0.05) is 11.1 Å². The van der Waals surface area contributed by atoms with Gasteiger partial charge in [-0.2, -0.15) is 0 Å². The zero-order valence-corrected chi connectivity index (χ0v) is 13.3. The lowest BCUT2D eigenvalue weighted by molar-refractivity contribution is -0.274. The van der Waals surface area contributed by atoms with E-state index in [2.05, 4.69) is 4.74 Å². The molecular weight excluding hydrogens is 337 g/mol. The Bertz CT molecular complexity index is 769. The average molecular weight is 352 g/mol. The Morgan fingerprint density at radius 1 is 1.04 bits per heavy atom.